The van der Waals surface area contributed by atoms with E-state index in [0.29, 0.717) is 12.1 Å². The lowest BCUT2D eigenvalue weighted by atomic mass is 10.0. The third-order valence-electron chi connectivity index (χ3n) is 3.45. The van der Waals surface area contributed by atoms with E-state index in [1.165, 1.54) is 16.7 Å². The van der Waals surface area contributed by atoms with Gasteiger partial charge < -0.3 is 5.32 Å². The van der Waals surface area contributed by atoms with Gasteiger partial charge >= 0.3 is 0 Å². The molecule has 0 saturated heterocycles. The van der Waals surface area contributed by atoms with Gasteiger partial charge in [-0.1, -0.05) is 53.6 Å². The highest BCUT2D eigenvalue weighted by molar-refractivity contribution is 6.30. The summed E-state index contributed by atoms with van der Waals surface area (Å²) in [4.78, 5) is 0. The third-order valence-corrected chi connectivity index (χ3v) is 3.70. The largest absolute Gasteiger partial charge is 0.304 e. The molecule has 1 N–H and O–H groups in total. The molecule has 1 unspecified atom stereocenters. The Hall–Kier alpha value is -1.31. The standard InChI is InChI=1S/C17H20ClN/c1-12-4-6-15(7-5-12)13(2)19-14(3)16-8-10-17(18)11-9-16/h4-11,13-14,19H,1-3H3/t13?,14-/m1/s1. The topological polar surface area (TPSA) is 12.0 Å². The summed E-state index contributed by atoms with van der Waals surface area (Å²) < 4.78 is 0. The van der Waals surface area contributed by atoms with Crippen molar-refractivity contribution in [3.8, 4) is 0 Å². The highest BCUT2D eigenvalue weighted by Crippen LogP contribution is 2.21. The van der Waals surface area contributed by atoms with Crippen molar-refractivity contribution < 1.29 is 0 Å². The molecule has 2 atom stereocenters. The average Bonchev–Trinajstić information content (AvgIpc) is 2.40. The molecule has 0 saturated carbocycles. The summed E-state index contributed by atoms with van der Waals surface area (Å²) in [5, 5.41) is 4.39. The third kappa shape index (κ3) is 3.82. The van der Waals surface area contributed by atoms with Gasteiger partial charge in [-0.15, -0.1) is 0 Å². The Kier molecular flexibility index (Phi) is 4.62. The summed E-state index contributed by atoms with van der Waals surface area (Å²) in [5.74, 6) is 0. The van der Waals surface area contributed by atoms with Gasteiger partial charge in [-0.2, -0.15) is 0 Å². The molecule has 0 aliphatic heterocycles. The number of hydrogen-bond donors (Lipinski definition) is 1. The lowest BCUT2D eigenvalue weighted by Gasteiger charge is -2.21. The van der Waals surface area contributed by atoms with Gasteiger partial charge in [0.05, 0.1) is 0 Å². The maximum Gasteiger partial charge on any atom is 0.0406 e. The first-order valence-electron chi connectivity index (χ1n) is 6.64. The summed E-state index contributed by atoms with van der Waals surface area (Å²) in [6.07, 6.45) is 0. The van der Waals surface area contributed by atoms with Crippen LogP contribution in [0.3, 0.4) is 0 Å². The molecule has 0 radical (unpaired) electrons. The molecule has 0 amide bonds. The molecule has 0 bridgehead atoms. The van der Waals surface area contributed by atoms with Gasteiger partial charge in [0.2, 0.25) is 0 Å². The fraction of sp³-hybridized carbons (Fsp3) is 0.294. The molecule has 2 aromatic carbocycles. The molecule has 2 heteroatoms. The zero-order chi connectivity index (χ0) is 13.8. The van der Waals surface area contributed by atoms with Crippen molar-refractivity contribution in [1.82, 2.24) is 5.32 Å². The quantitative estimate of drug-likeness (QED) is 0.821. The Bertz CT molecular complexity index is 466. The molecular weight excluding hydrogens is 254 g/mol. The molecule has 100 valence electrons. The van der Waals surface area contributed by atoms with E-state index < -0.39 is 0 Å². The molecule has 0 spiro atoms. The van der Waals surface area contributed by atoms with Gasteiger partial charge in [0.25, 0.3) is 0 Å². The van der Waals surface area contributed by atoms with Crippen LogP contribution in [-0.4, -0.2) is 0 Å². The minimum atomic E-state index is 0.300. The molecule has 0 aliphatic rings. The fourth-order valence-electron chi connectivity index (χ4n) is 2.17. The van der Waals surface area contributed by atoms with Gasteiger partial charge in [0.15, 0.2) is 0 Å². The van der Waals surface area contributed by atoms with Crippen LogP contribution in [0.4, 0.5) is 0 Å². The minimum absolute atomic E-state index is 0.300. The number of halogens is 1. The number of hydrogen-bond acceptors (Lipinski definition) is 1. The first-order valence-corrected chi connectivity index (χ1v) is 7.02. The summed E-state index contributed by atoms with van der Waals surface area (Å²) in [6.45, 7) is 6.48. The number of rotatable bonds is 4. The summed E-state index contributed by atoms with van der Waals surface area (Å²) in [6, 6.07) is 17.3. The first kappa shape index (κ1) is 14.1. The smallest absolute Gasteiger partial charge is 0.0406 e. The van der Waals surface area contributed by atoms with Crippen molar-refractivity contribution in [2.75, 3.05) is 0 Å². The zero-order valence-electron chi connectivity index (χ0n) is 11.7. The van der Waals surface area contributed by atoms with Crippen LogP contribution in [0.2, 0.25) is 5.02 Å². The van der Waals surface area contributed by atoms with Crippen LogP contribution in [0, 0.1) is 6.92 Å². The van der Waals surface area contributed by atoms with Crippen molar-refractivity contribution >= 4 is 11.6 Å². The van der Waals surface area contributed by atoms with E-state index in [-0.39, 0.29) is 0 Å². The Morgan fingerprint density at radius 1 is 0.789 bits per heavy atom. The number of nitrogens with one attached hydrogen (secondary N) is 1. The molecule has 2 aromatic rings. The minimum Gasteiger partial charge on any atom is -0.304 e. The zero-order valence-corrected chi connectivity index (χ0v) is 12.4. The molecule has 19 heavy (non-hydrogen) atoms. The number of benzene rings is 2. The van der Waals surface area contributed by atoms with Gasteiger partial charge in [-0.25, -0.2) is 0 Å². The Morgan fingerprint density at radius 2 is 1.21 bits per heavy atom. The van der Waals surface area contributed by atoms with Gasteiger partial charge in [0.1, 0.15) is 0 Å². The summed E-state index contributed by atoms with van der Waals surface area (Å²) in [7, 11) is 0. The predicted octanol–water partition coefficient (Wildman–Crippen LogP) is 5.06. The van der Waals surface area contributed by atoms with Crippen LogP contribution in [0.25, 0.3) is 0 Å². The molecule has 0 aromatic heterocycles. The maximum atomic E-state index is 5.91. The fourth-order valence-corrected chi connectivity index (χ4v) is 2.30. The van der Waals surface area contributed by atoms with Gasteiger partial charge in [0, 0.05) is 17.1 Å². The Labute approximate surface area is 120 Å². The van der Waals surface area contributed by atoms with Crippen molar-refractivity contribution in [1.29, 1.82) is 0 Å². The maximum absolute atomic E-state index is 5.91. The SMILES string of the molecule is Cc1ccc(C(C)N[C@H](C)c2ccc(Cl)cc2)cc1. The van der Waals surface area contributed by atoms with Gasteiger partial charge in [-0.05, 0) is 44.0 Å². The molecule has 2 rings (SSSR count). The number of aryl methyl sites for hydroxylation is 1. The van der Waals surface area contributed by atoms with Crippen LogP contribution >= 0.6 is 11.6 Å². The predicted molar refractivity (Wildman–Crippen MR) is 82.6 cm³/mol. The normalized spacial score (nSPS) is 14.1. The average molecular weight is 274 g/mol. The second-order valence-electron chi connectivity index (χ2n) is 5.07. The van der Waals surface area contributed by atoms with E-state index in [1.54, 1.807) is 0 Å². The second kappa shape index (κ2) is 6.23. The van der Waals surface area contributed by atoms with E-state index in [1.807, 2.05) is 12.1 Å². The van der Waals surface area contributed by atoms with Crippen LogP contribution in [0.1, 0.15) is 42.6 Å². The second-order valence-corrected chi connectivity index (χ2v) is 5.51. The summed E-state index contributed by atoms with van der Waals surface area (Å²) >= 11 is 5.91. The van der Waals surface area contributed by atoms with Gasteiger partial charge in [-0.3, -0.25) is 0 Å². The van der Waals surface area contributed by atoms with E-state index in [2.05, 4.69) is 62.5 Å². The molecule has 0 aliphatic carbocycles. The van der Waals surface area contributed by atoms with Crippen LogP contribution in [-0.2, 0) is 0 Å². The van der Waals surface area contributed by atoms with Crippen molar-refractivity contribution in [2.24, 2.45) is 0 Å². The van der Waals surface area contributed by atoms with E-state index in [0.717, 1.165) is 5.02 Å². The van der Waals surface area contributed by atoms with Crippen molar-refractivity contribution in [3.05, 3.63) is 70.2 Å². The van der Waals surface area contributed by atoms with Crippen LogP contribution < -0.4 is 5.32 Å². The first-order chi connectivity index (χ1) is 9.06. The Morgan fingerprint density at radius 3 is 1.68 bits per heavy atom. The molecule has 0 heterocycles. The van der Waals surface area contributed by atoms with E-state index in [9.17, 15) is 0 Å². The Balaban J connectivity index is 2.03. The molecule has 0 fully saturated rings. The lowest BCUT2D eigenvalue weighted by Crippen LogP contribution is -2.22. The lowest BCUT2D eigenvalue weighted by molar-refractivity contribution is 0.494. The monoisotopic (exact) mass is 273 g/mol. The van der Waals surface area contributed by atoms with E-state index in [4.69, 9.17) is 11.6 Å². The van der Waals surface area contributed by atoms with Crippen molar-refractivity contribution in [3.63, 3.8) is 0 Å². The molecule has 1 nitrogen and oxygen atoms in total. The van der Waals surface area contributed by atoms with Crippen LogP contribution in [0.15, 0.2) is 48.5 Å². The van der Waals surface area contributed by atoms with Crippen molar-refractivity contribution in [2.45, 2.75) is 32.9 Å². The highest BCUT2D eigenvalue weighted by atomic mass is 35.5. The highest BCUT2D eigenvalue weighted by Gasteiger charge is 2.10. The van der Waals surface area contributed by atoms with E-state index >= 15 is 0 Å². The summed E-state index contributed by atoms with van der Waals surface area (Å²) in [5.41, 5.74) is 3.86. The molecular formula is C17H20ClN. The van der Waals surface area contributed by atoms with Crippen LogP contribution in [0.5, 0.6) is 0 Å².